The summed E-state index contributed by atoms with van der Waals surface area (Å²) in [6, 6.07) is 7.78. The van der Waals surface area contributed by atoms with Crippen LogP contribution in [0.25, 0.3) is 0 Å². The molecule has 0 fully saturated rings. The number of thiophene rings is 1. The maximum absolute atomic E-state index is 11.0. The fourth-order valence-corrected chi connectivity index (χ4v) is 3.02. The van der Waals surface area contributed by atoms with Gasteiger partial charge in [-0.3, -0.25) is 25.0 Å². The van der Waals surface area contributed by atoms with Crippen molar-refractivity contribution in [3.05, 3.63) is 50.6 Å². The number of carbonyl (C=O) groups excluding carboxylic acids is 1. The van der Waals surface area contributed by atoms with Gasteiger partial charge in [-0.1, -0.05) is 0 Å². The lowest BCUT2D eigenvalue weighted by Gasteiger charge is -2.22. The smallest absolute Gasteiger partial charge is 0.333 e. The summed E-state index contributed by atoms with van der Waals surface area (Å²) < 4.78 is 4.94. The van der Waals surface area contributed by atoms with Gasteiger partial charge in [0.1, 0.15) is 12.7 Å². The van der Waals surface area contributed by atoms with E-state index in [9.17, 15) is 25.0 Å². The van der Waals surface area contributed by atoms with Crippen molar-refractivity contribution in [1.29, 1.82) is 0 Å². The van der Waals surface area contributed by atoms with Gasteiger partial charge < -0.3 is 9.64 Å². The van der Waals surface area contributed by atoms with Crippen molar-refractivity contribution in [1.82, 2.24) is 0 Å². The van der Waals surface area contributed by atoms with Crippen molar-refractivity contribution in [3.63, 3.8) is 0 Å². The normalized spacial score (nSPS) is 10.8. The minimum atomic E-state index is -0.733. The highest BCUT2D eigenvalue weighted by atomic mass is 32.1. The molecule has 1 aromatic heterocycles. The predicted octanol–water partition coefficient (Wildman–Crippen LogP) is 4.37. The van der Waals surface area contributed by atoms with Gasteiger partial charge >= 0.3 is 16.7 Å². The molecule has 0 amide bonds. The van der Waals surface area contributed by atoms with Crippen LogP contribution in [0.2, 0.25) is 0 Å². The van der Waals surface area contributed by atoms with Gasteiger partial charge in [0.05, 0.1) is 22.1 Å². The summed E-state index contributed by atoms with van der Waals surface area (Å²) in [5.41, 5.74) is 0.858. The molecule has 28 heavy (non-hydrogen) atoms. The minimum Gasteiger partial charge on any atom is -0.464 e. The van der Waals surface area contributed by atoms with Gasteiger partial charge in [-0.2, -0.15) is 0 Å². The van der Waals surface area contributed by atoms with Gasteiger partial charge in [-0.25, -0.2) is 0 Å². The maximum Gasteiger partial charge on any atom is 0.333 e. The third-order valence-corrected chi connectivity index (χ3v) is 4.54. The van der Waals surface area contributed by atoms with E-state index in [2.05, 4.69) is 10.2 Å². The number of hydrogen-bond acceptors (Lipinski definition) is 10. The molecule has 0 unspecified atom stereocenters. The standard InChI is InChI=1S/C16H17N5O6S/c1-3-19(8-9-27-11(2)22)13-6-4-12(5-7-13)17-18-16-14(20(23)24)10-15(28-16)21(25)26/h4-7,10H,3,8-9H2,1-2H3. The van der Waals surface area contributed by atoms with Gasteiger partial charge in [0, 0.05) is 19.2 Å². The van der Waals surface area contributed by atoms with E-state index in [4.69, 9.17) is 4.74 Å². The van der Waals surface area contributed by atoms with Gasteiger partial charge in [-0.15, -0.1) is 10.2 Å². The fraction of sp³-hybridized carbons (Fsp3) is 0.312. The molecule has 2 aromatic rings. The Kier molecular flexibility index (Phi) is 7.09. The number of ether oxygens (including phenoxy) is 1. The van der Waals surface area contributed by atoms with Crippen LogP contribution >= 0.6 is 11.3 Å². The molecule has 0 aliphatic rings. The zero-order valence-electron chi connectivity index (χ0n) is 15.1. The number of rotatable bonds is 9. The van der Waals surface area contributed by atoms with Crippen LogP contribution in [0, 0.1) is 20.2 Å². The first-order valence-electron chi connectivity index (χ1n) is 8.14. The number of nitro groups is 2. The lowest BCUT2D eigenvalue weighted by molar-refractivity contribution is -0.389. The molecule has 148 valence electrons. The van der Waals surface area contributed by atoms with E-state index in [1.807, 2.05) is 11.8 Å². The van der Waals surface area contributed by atoms with E-state index in [1.165, 1.54) is 6.92 Å². The molecule has 11 nitrogen and oxygen atoms in total. The molecule has 0 radical (unpaired) electrons. The van der Waals surface area contributed by atoms with E-state index in [1.54, 1.807) is 24.3 Å². The average Bonchev–Trinajstić information content (AvgIpc) is 3.09. The molecule has 0 aliphatic heterocycles. The highest BCUT2D eigenvalue weighted by Crippen LogP contribution is 2.41. The summed E-state index contributed by atoms with van der Waals surface area (Å²) in [5, 5.41) is 29.0. The molecule has 0 aliphatic carbocycles. The van der Waals surface area contributed by atoms with Crippen LogP contribution in [0.5, 0.6) is 0 Å². The maximum atomic E-state index is 11.0. The lowest BCUT2D eigenvalue weighted by Crippen LogP contribution is -2.27. The zero-order valence-corrected chi connectivity index (χ0v) is 15.9. The second-order valence-electron chi connectivity index (χ2n) is 5.43. The Morgan fingerprint density at radius 2 is 1.86 bits per heavy atom. The van der Waals surface area contributed by atoms with Crippen LogP contribution in [-0.4, -0.2) is 35.5 Å². The Hall–Kier alpha value is -3.41. The number of hydrogen-bond donors (Lipinski definition) is 0. The fourth-order valence-electron chi connectivity index (χ4n) is 2.25. The van der Waals surface area contributed by atoms with E-state index < -0.39 is 15.5 Å². The van der Waals surface area contributed by atoms with Crippen LogP contribution in [0.3, 0.4) is 0 Å². The summed E-state index contributed by atoms with van der Waals surface area (Å²) in [6.07, 6.45) is 0. The largest absolute Gasteiger partial charge is 0.464 e. The highest BCUT2D eigenvalue weighted by molar-refractivity contribution is 7.19. The van der Waals surface area contributed by atoms with E-state index in [0.29, 0.717) is 30.1 Å². The van der Waals surface area contributed by atoms with E-state index in [-0.39, 0.29) is 22.6 Å². The molecule has 1 heterocycles. The van der Waals surface area contributed by atoms with Gasteiger partial charge in [0.2, 0.25) is 5.00 Å². The summed E-state index contributed by atoms with van der Waals surface area (Å²) in [5.74, 6) is -0.338. The molecular weight excluding hydrogens is 390 g/mol. The first-order valence-corrected chi connectivity index (χ1v) is 8.96. The van der Waals surface area contributed by atoms with E-state index in [0.717, 1.165) is 11.8 Å². The number of benzene rings is 1. The molecule has 2 rings (SSSR count). The molecule has 0 saturated heterocycles. The third-order valence-electron chi connectivity index (χ3n) is 3.58. The average molecular weight is 407 g/mol. The Morgan fingerprint density at radius 1 is 1.18 bits per heavy atom. The molecule has 0 spiro atoms. The molecular formula is C16H17N5O6S. The molecule has 1 aromatic carbocycles. The summed E-state index contributed by atoms with van der Waals surface area (Å²) in [6.45, 7) is 4.81. The van der Waals surface area contributed by atoms with Crippen molar-refractivity contribution < 1.29 is 19.4 Å². The van der Waals surface area contributed by atoms with Crippen molar-refractivity contribution in [2.24, 2.45) is 10.2 Å². The Balaban J connectivity index is 2.12. The zero-order chi connectivity index (χ0) is 20.7. The first kappa shape index (κ1) is 20.9. The Morgan fingerprint density at radius 3 is 2.39 bits per heavy atom. The number of nitrogens with zero attached hydrogens (tertiary/aromatic N) is 5. The Bertz CT molecular complexity index is 895. The second-order valence-corrected chi connectivity index (χ2v) is 6.43. The number of likely N-dealkylation sites (N-methyl/N-ethyl adjacent to an activating group) is 1. The lowest BCUT2D eigenvalue weighted by atomic mass is 10.2. The van der Waals surface area contributed by atoms with Crippen LogP contribution in [0.1, 0.15) is 13.8 Å². The monoisotopic (exact) mass is 407 g/mol. The number of carbonyl (C=O) groups is 1. The Labute approximate surface area is 163 Å². The van der Waals surface area contributed by atoms with Crippen molar-refractivity contribution in [3.8, 4) is 0 Å². The van der Waals surface area contributed by atoms with E-state index >= 15 is 0 Å². The topological polar surface area (TPSA) is 141 Å². The molecule has 0 saturated carbocycles. The number of anilines is 1. The van der Waals surface area contributed by atoms with Crippen molar-refractivity contribution >= 4 is 44.4 Å². The predicted molar refractivity (Wildman–Crippen MR) is 103 cm³/mol. The van der Waals surface area contributed by atoms with Crippen molar-refractivity contribution in [2.75, 3.05) is 24.6 Å². The molecule has 0 N–H and O–H groups in total. The molecule has 0 atom stereocenters. The van der Waals surface area contributed by atoms with Crippen LogP contribution in [-0.2, 0) is 9.53 Å². The van der Waals surface area contributed by atoms with Crippen LogP contribution in [0.4, 0.5) is 27.1 Å². The van der Waals surface area contributed by atoms with Gasteiger partial charge in [-0.05, 0) is 42.5 Å². The van der Waals surface area contributed by atoms with Crippen molar-refractivity contribution in [2.45, 2.75) is 13.8 Å². The third kappa shape index (κ3) is 5.54. The summed E-state index contributed by atoms with van der Waals surface area (Å²) in [7, 11) is 0. The highest BCUT2D eigenvalue weighted by Gasteiger charge is 2.25. The quantitative estimate of drug-likeness (QED) is 0.260. The molecule has 12 heteroatoms. The minimum absolute atomic E-state index is 0.141. The second kappa shape index (κ2) is 9.50. The van der Waals surface area contributed by atoms with Crippen LogP contribution in [0.15, 0.2) is 40.6 Å². The van der Waals surface area contributed by atoms with Gasteiger partial charge in [0.25, 0.3) is 0 Å². The van der Waals surface area contributed by atoms with Gasteiger partial charge in [0.15, 0.2) is 0 Å². The summed E-state index contributed by atoms with van der Waals surface area (Å²) in [4.78, 5) is 33.2. The first-order chi connectivity index (χ1) is 13.3. The number of esters is 1. The SMILES string of the molecule is CCN(CCOC(C)=O)c1ccc(N=Nc2sc([N+](=O)[O-])cc2[N+](=O)[O-])cc1. The van der Waals surface area contributed by atoms with Crippen LogP contribution < -0.4 is 4.90 Å². The number of azo groups is 1. The molecule has 0 bridgehead atoms. The summed E-state index contributed by atoms with van der Waals surface area (Å²) >= 11 is 0.587.